The van der Waals surface area contributed by atoms with Gasteiger partial charge in [0.1, 0.15) is 0 Å². The molecule has 3 fully saturated rings. The number of carboxylic acids is 1. The summed E-state index contributed by atoms with van der Waals surface area (Å²) in [6.45, 7) is 7.53. The van der Waals surface area contributed by atoms with Crippen LogP contribution in [0.1, 0.15) is 72.1 Å². The summed E-state index contributed by atoms with van der Waals surface area (Å²) in [6, 6.07) is 0. The maximum atomic E-state index is 10.8. The van der Waals surface area contributed by atoms with Gasteiger partial charge in [-0.1, -0.05) is 27.2 Å². The molecule has 0 radical (unpaired) electrons. The Morgan fingerprint density at radius 2 is 1.95 bits per heavy atom. The van der Waals surface area contributed by atoms with Crippen LogP contribution in [0, 0.1) is 34.5 Å². The lowest BCUT2D eigenvalue weighted by Gasteiger charge is -2.42. The highest BCUT2D eigenvalue weighted by atomic mass is 16.4. The Hall–Kier alpha value is -0.530. The molecular weight excluding hydrogens is 248 g/mol. The van der Waals surface area contributed by atoms with E-state index in [-0.39, 0.29) is 0 Å². The van der Waals surface area contributed by atoms with E-state index in [1.54, 1.807) is 0 Å². The highest BCUT2D eigenvalue weighted by Crippen LogP contribution is 2.71. The van der Waals surface area contributed by atoms with Gasteiger partial charge in [0.15, 0.2) is 0 Å². The average Bonchev–Trinajstić information content (AvgIpc) is 2.83. The van der Waals surface area contributed by atoms with Crippen molar-refractivity contribution in [3.8, 4) is 0 Å². The topological polar surface area (TPSA) is 37.3 Å². The Balaban J connectivity index is 1.81. The molecule has 0 saturated heterocycles. The van der Waals surface area contributed by atoms with Crippen LogP contribution in [0.15, 0.2) is 0 Å². The second-order valence-corrected chi connectivity index (χ2v) is 8.61. The molecule has 114 valence electrons. The summed E-state index contributed by atoms with van der Waals surface area (Å²) < 4.78 is 0. The molecule has 1 N–H and O–H groups in total. The fourth-order valence-electron chi connectivity index (χ4n) is 6.59. The molecule has 2 heteroatoms. The van der Waals surface area contributed by atoms with Crippen molar-refractivity contribution < 1.29 is 9.90 Å². The fraction of sp³-hybridized carbons (Fsp3) is 0.944. The van der Waals surface area contributed by atoms with Crippen molar-refractivity contribution in [2.24, 2.45) is 34.5 Å². The Labute approximate surface area is 123 Å². The van der Waals surface area contributed by atoms with Gasteiger partial charge in [-0.25, -0.2) is 0 Å². The lowest BCUT2D eigenvalue weighted by molar-refractivity contribution is -0.137. The molecule has 0 aromatic rings. The maximum absolute atomic E-state index is 10.8. The lowest BCUT2D eigenvalue weighted by Crippen LogP contribution is -2.33. The normalized spacial score (nSPS) is 45.4. The van der Waals surface area contributed by atoms with Crippen LogP contribution in [-0.2, 0) is 4.79 Å². The van der Waals surface area contributed by atoms with Crippen molar-refractivity contribution >= 4 is 5.97 Å². The zero-order chi connectivity index (χ0) is 14.5. The zero-order valence-corrected chi connectivity index (χ0v) is 13.3. The van der Waals surface area contributed by atoms with Gasteiger partial charge >= 0.3 is 5.97 Å². The summed E-state index contributed by atoms with van der Waals surface area (Å²) in [5, 5.41) is 8.90. The monoisotopic (exact) mass is 278 g/mol. The predicted octanol–water partition coefficient (Wildman–Crippen LogP) is 4.73. The van der Waals surface area contributed by atoms with Gasteiger partial charge in [-0.3, -0.25) is 4.79 Å². The van der Waals surface area contributed by atoms with E-state index in [9.17, 15) is 4.79 Å². The third-order valence-electron chi connectivity index (χ3n) is 7.26. The van der Waals surface area contributed by atoms with E-state index in [2.05, 4.69) is 20.8 Å². The molecule has 4 bridgehead atoms. The minimum Gasteiger partial charge on any atom is -0.481 e. The summed E-state index contributed by atoms with van der Waals surface area (Å²) in [7, 11) is 0. The smallest absolute Gasteiger partial charge is 0.303 e. The van der Waals surface area contributed by atoms with Crippen molar-refractivity contribution in [2.75, 3.05) is 0 Å². The molecule has 0 unspecified atom stereocenters. The standard InChI is InChI=1S/C18H30O2/c1-17(2)10-5-11-18(3)13(6-4-7-15(19)20)12-8-9-14(18)16(12)17/h12-14,16H,4-11H2,1-3H3,(H,19,20)/t12-,13+,14-,16-,18-/m1/s1. The summed E-state index contributed by atoms with van der Waals surface area (Å²) in [5.74, 6) is 2.88. The van der Waals surface area contributed by atoms with Crippen LogP contribution in [0.3, 0.4) is 0 Å². The van der Waals surface area contributed by atoms with Crippen LogP contribution in [-0.4, -0.2) is 11.1 Å². The first-order chi connectivity index (χ1) is 9.36. The van der Waals surface area contributed by atoms with E-state index in [0.29, 0.717) is 17.3 Å². The Morgan fingerprint density at radius 3 is 2.65 bits per heavy atom. The van der Waals surface area contributed by atoms with Crippen molar-refractivity contribution in [2.45, 2.75) is 72.1 Å². The van der Waals surface area contributed by atoms with Gasteiger partial charge in [-0.2, -0.15) is 0 Å². The van der Waals surface area contributed by atoms with Crippen LogP contribution < -0.4 is 0 Å². The average molecular weight is 278 g/mol. The molecule has 0 heterocycles. The molecule has 0 amide bonds. The van der Waals surface area contributed by atoms with Crippen LogP contribution in [0.5, 0.6) is 0 Å². The van der Waals surface area contributed by atoms with Crippen LogP contribution >= 0.6 is 0 Å². The summed E-state index contributed by atoms with van der Waals surface area (Å²) in [4.78, 5) is 10.8. The molecule has 3 rings (SSSR count). The number of aliphatic carboxylic acids is 1. The molecule has 3 saturated carbocycles. The van der Waals surface area contributed by atoms with Crippen LogP contribution in [0.25, 0.3) is 0 Å². The molecule has 5 atom stereocenters. The third kappa shape index (κ3) is 2.02. The Kier molecular flexibility index (Phi) is 3.42. The number of hydrogen-bond donors (Lipinski definition) is 1. The van der Waals surface area contributed by atoms with Gasteiger partial charge in [-0.05, 0) is 73.0 Å². The van der Waals surface area contributed by atoms with Crippen LogP contribution in [0.4, 0.5) is 0 Å². The van der Waals surface area contributed by atoms with Gasteiger partial charge < -0.3 is 5.11 Å². The van der Waals surface area contributed by atoms with E-state index in [4.69, 9.17) is 5.11 Å². The summed E-state index contributed by atoms with van der Waals surface area (Å²) >= 11 is 0. The maximum Gasteiger partial charge on any atom is 0.303 e. The quantitative estimate of drug-likeness (QED) is 0.807. The molecule has 3 aliphatic carbocycles. The molecule has 0 spiro atoms. The van der Waals surface area contributed by atoms with Crippen molar-refractivity contribution in [3.63, 3.8) is 0 Å². The SMILES string of the molecule is CC1(C)CCC[C@@]2(C)[C@@H]3CC[C@@H]([C@H]31)[C@@H]2CCCC(=O)O. The van der Waals surface area contributed by atoms with E-state index < -0.39 is 5.97 Å². The molecule has 0 aliphatic heterocycles. The molecule has 0 aromatic carbocycles. The number of rotatable bonds is 4. The first-order valence-corrected chi connectivity index (χ1v) is 8.58. The lowest BCUT2D eigenvalue weighted by atomic mass is 9.63. The Morgan fingerprint density at radius 1 is 1.20 bits per heavy atom. The summed E-state index contributed by atoms with van der Waals surface area (Å²) in [5.41, 5.74) is 1.02. The minimum absolute atomic E-state index is 0.359. The number of carbonyl (C=O) groups is 1. The van der Waals surface area contributed by atoms with Crippen molar-refractivity contribution in [1.29, 1.82) is 0 Å². The van der Waals surface area contributed by atoms with Crippen molar-refractivity contribution in [1.82, 2.24) is 0 Å². The van der Waals surface area contributed by atoms with Gasteiger partial charge in [0.25, 0.3) is 0 Å². The fourth-order valence-corrected chi connectivity index (χ4v) is 6.59. The number of carboxylic acid groups (broad SMARTS) is 1. The first-order valence-electron chi connectivity index (χ1n) is 8.58. The largest absolute Gasteiger partial charge is 0.481 e. The molecule has 2 nitrogen and oxygen atoms in total. The van der Waals surface area contributed by atoms with Gasteiger partial charge in [-0.15, -0.1) is 0 Å². The van der Waals surface area contributed by atoms with E-state index in [1.165, 1.54) is 32.1 Å². The molecular formula is C18H30O2. The van der Waals surface area contributed by atoms with Gasteiger partial charge in [0, 0.05) is 6.42 Å². The second kappa shape index (κ2) is 4.74. The first kappa shape index (κ1) is 14.4. The number of hydrogen-bond acceptors (Lipinski definition) is 1. The van der Waals surface area contributed by atoms with E-state index in [0.717, 1.165) is 36.5 Å². The molecule has 3 aliphatic rings. The molecule has 20 heavy (non-hydrogen) atoms. The highest BCUT2D eigenvalue weighted by Gasteiger charge is 2.64. The predicted molar refractivity (Wildman–Crippen MR) is 80.4 cm³/mol. The third-order valence-corrected chi connectivity index (χ3v) is 7.26. The van der Waals surface area contributed by atoms with E-state index >= 15 is 0 Å². The zero-order valence-electron chi connectivity index (χ0n) is 13.3. The van der Waals surface area contributed by atoms with Crippen molar-refractivity contribution in [3.05, 3.63) is 0 Å². The Bertz CT molecular complexity index is 400. The minimum atomic E-state index is -0.626. The molecule has 0 aromatic heterocycles. The summed E-state index contributed by atoms with van der Waals surface area (Å²) in [6.07, 6.45) is 9.38. The van der Waals surface area contributed by atoms with E-state index in [1.807, 2.05) is 0 Å². The van der Waals surface area contributed by atoms with Gasteiger partial charge in [0.05, 0.1) is 0 Å². The van der Waals surface area contributed by atoms with Crippen LogP contribution in [0.2, 0.25) is 0 Å². The van der Waals surface area contributed by atoms with Gasteiger partial charge in [0.2, 0.25) is 0 Å². The second-order valence-electron chi connectivity index (χ2n) is 8.61. The highest BCUT2D eigenvalue weighted by molar-refractivity contribution is 5.66.